The first-order chi connectivity index (χ1) is 7.66. The van der Waals surface area contributed by atoms with E-state index in [-0.39, 0.29) is 16.9 Å². The van der Waals surface area contributed by atoms with Gasteiger partial charge in [0.2, 0.25) is 0 Å². The van der Waals surface area contributed by atoms with Crippen LogP contribution in [-0.2, 0) is 0 Å². The Balaban J connectivity index is 3.39. The maximum atomic E-state index is 10.9. The third kappa shape index (κ3) is 2.55. The van der Waals surface area contributed by atoms with Crippen LogP contribution in [0.3, 0.4) is 0 Å². The largest absolute Gasteiger partial charge is 0.502 e. The maximum absolute atomic E-state index is 10.9. The normalized spacial score (nSPS) is 13.5. The lowest BCUT2D eigenvalue weighted by molar-refractivity contribution is -0.386. The second-order valence-corrected chi connectivity index (χ2v) is 5.27. The Labute approximate surface area is 100 Å². The summed E-state index contributed by atoms with van der Waals surface area (Å²) in [6, 6.07) is 2.80. The predicted molar refractivity (Wildman–Crippen MR) is 65.9 cm³/mol. The average Bonchev–Trinajstić information content (AvgIpc) is 2.15. The number of benzene rings is 1. The van der Waals surface area contributed by atoms with Crippen molar-refractivity contribution in [2.75, 3.05) is 0 Å². The van der Waals surface area contributed by atoms with Crippen LogP contribution in [0.4, 0.5) is 5.69 Å². The Morgan fingerprint density at radius 2 is 1.94 bits per heavy atom. The molecule has 0 aliphatic carbocycles. The molecule has 0 saturated heterocycles. The fourth-order valence-electron chi connectivity index (χ4n) is 1.64. The molecule has 5 nitrogen and oxygen atoms in total. The van der Waals surface area contributed by atoms with Crippen molar-refractivity contribution in [2.45, 2.75) is 33.7 Å². The van der Waals surface area contributed by atoms with Crippen LogP contribution >= 0.6 is 0 Å². The minimum Gasteiger partial charge on any atom is -0.502 e. The number of hydrogen-bond acceptors (Lipinski definition) is 4. The molecule has 0 aromatic heterocycles. The molecule has 5 heteroatoms. The molecule has 17 heavy (non-hydrogen) atoms. The second kappa shape index (κ2) is 4.33. The third-order valence-electron chi connectivity index (χ3n) is 2.83. The molecule has 1 atom stereocenters. The molecule has 0 bridgehead atoms. The highest BCUT2D eigenvalue weighted by Crippen LogP contribution is 2.40. The van der Waals surface area contributed by atoms with E-state index in [1.807, 2.05) is 20.8 Å². The Morgan fingerprint density at radius 1 is 1.41 bits per heavy atom. The van der Waals surface area contributed by atoms with Crippen molar-refractivity contribution in [3.8, 4) is 5.75 Å². The molecule has 0 unspecified atom stereocenters. The molecule has 1 rings (SSSR count). The van der Waals surface area contributed by atoms with E-state index < -0.39 is 11.0 Å². The van der Waals surface area contributed by atoms with Crippen LogP contribution in [0, 0.1) is 22.5 Å². The average molecular weight is 238 g/mol. The zero-order chi connectivity index (χ0) is 13.4. The highest BCUT2D eigenvalue weighted by molar-refractivity contribution is 5.57. The van der Waals surface area contributed by atoms with E-state index in [4.69, 9.17) is 5.73 Å². The van der Waals surface area contributed by atoms with Gasteiger partial charge in [0.05, 0.1) is 4.92 Å². The van der Waals surface area contributed by atoms with E-state index in [2.05, 4.69) is 0 Å². The fraction of sp³-hybridized carbons (Fsp3) is 0.500. The summed E-state index contributed by atoms with van der Waals surface area (Å²) in [5.41, 5.74) is 6.31. The lowest BCUT2D eigenvalue weighted by atomic mass is 9.82. The molecule has 1 aromatic carbocycles. The summed E-state index contributed by atoms with van der Waals surface area (Å²) < 4.78 is 0. The third-order valence-corrected chi connectivity index (χ3v) is 2.83. The van der Waals surface area contributed by atoms with Gasteiger partial charge in [-0.05, 0) is 12.3 Å². The molecule has 0 amide bonds. The summed E-state index contributed by atoms with van der Waals surface area (Å²) in [7, 11) is 0. The number of rotatable bonds is 2. The quantitative estimate of drug-likeness (QED) is 0.612. The van der Waals surface area contributed by atoms with Crippen molar-refractivity contribution in [3.05, 3.63) is 33.4 Å². The lowest BCUT2D eigenvalue weighted by Gasteiger charge is -2.27. The number of nitrogens with zero attached hydrogens (tertiary/aromatic N) is 1. The van der Waals surface area contributed by atoms with Crippen LogP contribution < -0.4 is 5.73 Å². The SMILES string of the molecule is Cc1ccc([C@H](N)C(C)(C)C)c(O)c1[N+](=O)[O-]. The highest BCUT2D eigenvalue weighted by Gasteiger charge is 2.29. The van der Waals surface area contributed by atoms with E-state index in [0.717, 1.165) is 0 Å². The van der Waals surface area contributed by atoms with Crippen LogP contribution in [0.5, 0.6) is 5.75 Å². The summed E-state index contributed by atoms with van der Waals surface area (Å²) in [5, 5.41) is 20.8. The summed E-state index contributed by atoms with van der Waals surface area (Å²) in [6.45, 7) is 7.35. The number of aryl methyl sites for hydroxylation is 1. The molecule has 0 spiro atoms. The van der Waals surface area contributed by atoms with Crippen molar-refractivity contribution >= 4 is 5.69 Å². The molecule has 0 aliphatic heterocycles. The van der Waals surface area contributed by atoms with Crippen LogP contribution in [0.25, 0.3) is 0 Å². The summed E-state index contributed by atoms with van der Waals surface area (Å²) in [5.74, 6) is -0.322. The first kappa shape index (κ1) is 13.4. The van der Waals surface area contributed by atoms with Gasteiger partial charge in [-0.3, -0.25) is 10.1 Å². The topological polar surface area (TPSA) is 89.4 Å². The van der Waals surface area contributed by atoms with Gasteiger partial charge < -0.3 is 10.8 Å². The summed E-state index contributed by atoms with van der Waals surface area (Å²) in [6.07, 6.45) is 0. The first-order valence-electron chi connectivity index (χ1n) is 5.38. The number of hydrogen-bond donors (Lipinski definition) is 2. The standard InChI is InChI=1S/C12H18N2O3/c1-7-5-6-8(11(13)12(2,3)4)10(15)9(7)14(16)17/h5-6,11,15H,13H2,1-4H3/t11-/m0/s1. The fourth-order valence-corrected chi connectivity index (χ4v) is 1.64. The van der Waals surface area contributed by atoms with Crippen molar-refractivity contribution in [2.24, 2.45) is 11.1 Å². The molecule has 94 valence electrons. The number of phenols is 1. The minimum atomic E-state index is -0.580. The smallest absolute Gasteiger partial charge is 0.313 e. The van der Waals surface area contributed by atoms with Crippen molar-refractivity contribution < 1.29 is 10.0 Å². The number of aromatic hydroxyl groups is 1. The number of nitro groups is 1. The monoisotopic (exact) mass is 238 g/mol. The van der Waals surface area contributed by atoms with Crippen LogP contribution in [-0.4, -0.2) is 10.0 Å². The van der Waals surface area contributed by atoms with E-state index in [1.54, 1.807) is 19.1 Å². The van der Waals surface area contributed by atoms with Gasteiger partial charge in [-0.1, -0.05) is 32.9 Å². The van der Waals surface area contributed by atoms with E-state index >= 15 is 0 Å². The molecule has 3 N–H and O–H groups in total. The number of phenolic OH excluding ortho intramolecular Hbond substituents is 1. The predicted octanol–water partition coefficient (Wildman–Crippen LogP) is 2.65. The van der Waals surface area contributed by atoms with Crippen molar-refractivity contribution in [1.82, 2.24) is 0 Å². The molecule has 0 saturated carbocycles. The van der Waals surface area contributed by atoms with Gasteiger partial charge >= 0.3 is 5.69 Å². The van der Waals surface area contributed by atoms with Crippen molar-refractivity contribution in [3.63, 3.8) is 0 Å². The number of nitrogens with two attached hydrogens (primary N) is 1. The molecular weight excluding hydrogens is 220 g/mol. The Morgan fingerprint density at radius 3 is 2.35 bits per heavy atom. The highest BCUT2D eigenvalue weighted by atomic mass is 16.6. The maximum Gasteiger partial charge on any atom is 0.313 e. The Bertz CT molecular complexity index is 450. The minimum absolute atomic E-state index is 0.262. The molecule has 0 heterocycles. The summed E-state index contributed by atoms with van der Waals surface area (Å²) in [4.78, 5) is 10.3. The van der Waals surface area contributed by atoms with E-state index in [1.165, 1.54) is 0 Å². The second-order valence-electron chi connectivity index (χ2n) is 5.27. The van der Waals surface area contributed by atoms with Gasteiger partial charge in [-0.2, -0.15) is 0 Å². The van der Waals surface area contributed by atoms with Gasteiger partial charge in [0.25, 0.3) is 0 Å². The molecule has 1 aromatic rings. The molecule has 0 aliphatic rings. The Hall–Kier alpha value is -1.62. The van der Waals surface area contributed by atoms with Gasteiger partial charge in [0.15, 0.2) is 5.75 Å². The Kier molecular flexibility index (Phi) is 3.43. The lowest BCUT2D eigenvalue weighted by Crippen LogP contribution is -2.26. The van der Waals surface area contributed by atoms with E-state index in [9.17, 15) is 15.2 Å². The molecular formula is C12H18N2O3. The van der Waals surface area contributed by atoms with Gasteiger partial charge in [0, 0.05) is 17.2 Å². The van der Waals surface area contributed by atoms with Gasteiger partial charge in [0.1, 0.15) is 0 Å². The molecule has 0 radical (unpaired) electrons. The van der Waals surface area contributed by atoms with Gasteiger partial charge in [-0.25, -0.2) is 0 Å². The zero-order valence-electron chi connectivity index (χ0n) is 10.5. The van der Waals surface area contributed by atoms with Crippen LogP contribution in [0.1, 0.15) is 37.9 Å². The van der Waals surface area contributed by atoms with Crippen LogP contribution in [0.2, 0.25) is 0 Å². The van der Waals surface area contributed by atoms with Gasteiger partial charge in [-0.15, -0.1) is 0 Å². The molecule has 0 fully saturated rings. The number of nitro benzene ring substituents is 1. The van der Waals surface area contributed by atoms with E-state index in [0.29, 0.717) is 11.1 Å². The van der Waals surface area contributed by atoms with Crippen molar-refractivity contribution in [1.29, 1.82) is 0 Å². The van der Waals surface area contributed by atoms with Crippen LogP contribution in [0.15, 0.2) is 12.1 Å². The first-order valence-corrected chi connectivity index (χ1v) is 5.38. The summed E-state index contributed by atoms with van der Waals surface area (Å²) >= 11 is 0. The zero-order valence-corrected chi connectivity index (χ0v) is 10.5.